The Kier molecular flexibility index (Phi) is 4.87. The molecule has 21 heavy (non-hydrogen) atoms. The molecule has 1 aromatic rings. The second-order valence-corrected chi connectivity index (χ2v) is 7.36. The molecular formula is C17H21NO2S. The Hall–Kier alpha value is -1.57. The van der Waals surface area contributed by atoms with E-state index in [1.165, 1.54) is 9.88 Å². The van der Waals surface area contributed by atoms with Crippen LogP contribution >= 0.6 is 0 Å². The van der Waals surface area contributed by atoms with Gasteiger partial charge in [-0.2, -0.15) is 4.31 Å². The van der Waals surface area contributed by atoms with E-state index in [4.69, 9.17) is 0 Å². The molecule has 2 rings (SSSR count). The molecule has 0 amide bonds. The van der Waals surface area contributed by atoms with E-state index in [1.54, 1.807) is 19.1 Å². The van der Waals surface area contributed by atoms with Crippen LogP contribution in [0.25, 0.3) is 0 Å². The van der Waals surface area contributed by atoms with Crippen LogP contribution in [0, 0.1) is 24.7 Å². The van der Waals surface area contributed by atoms with Gasteiger partial charge in [-0.1, -0.05) is 42.2 Å². The number of hydrogen-bond acceptors (Lipinski definition) is 2. The third-order valence-corrected chi connectivity index (χ3v) is 5.49. The highest BCUT2D eigenvalue weighted by molar-refractivity contribution is 7.89. The molecule has 0 radical (unpaired) electrons. The highest BCUT2D eigenvalue weighted by atomic mass is 32.2. The van der Waals surface area contributed by atoms with Gasteiger partial charge in [0.25, 0.3) is 0 Å². The van der Waals surface area contributed by atoms with Gasteiger partial charge >= 0.3 is 0 Å². The zero-order chi connectivity index (χ0) is 15.5. The molecule has 0 spiro atoms. The number of hydrogen-bond donors (Lipinski definition) is 0. The van der Waals surface area contributed by atoms with Crippen LogP contribution in [-0.4, -0.2) is 25.8 Å². The monoisotopic (exact) mass is 303 g/mol. The predicted molar refractivity (Wildman–Crippen MR) is 85.3 cm³/mol. The smallest absolute Gasteiger partial charge is 0.207 e. The maximum Gasteiger partial charge on any atom is 0.244 e. The molecule has 1 aliphatic rings. The molecule has 0 aliphatic heterocycles. The van der Waals surface area contributed by atoms with E-state index in [2.05, 4.69) is 18.8 Å². The average molecular weight is 303 g/mol. The summed E-state index contributed by atoms with van der Waals surface area (Å²) < 4.78 is 26.8. The second-order valence-electron chi connectivity index (χ2n) is 5.42. The molecule has 0 heterocycles. The molecule has 1 aliphatic carbocycles. The molecule has 4 heteroatoms. The summed E-state index contributed by atoms with van der Waals surface area (Å²) in [5.41, 5.74) is 2.38. The first-order valence-corrected chi connectivity index (χ1v) is 8.54. The predicted octanol–water partition coefficient (Wildman–Crippen LogP) is 2.98. The van der Waals surface area contributed by atoms with Crippen molar-refractivity contribution in [2.75, 3.05) is 13.1 Å². The fourth-order valence-electron chi connectivity index (χ4n) is 2.07. The number of allylic oxidation sites excluding steroid dienone is 1. The topological polar surface area (TPSA) is 37.4 Å². The van der Waals surface area contributed by atoms with Crippen molar-refractivity contribution in [3.05, 3.63) is 41.5 Å². The molecule has 3 nitrogen and oxygen atoms in total. The van der Waals surface area contributed by atoms with E-state index in [-0.39, 0.29) is 6.54 Å². The molecule has 0 bridgehead atoms. The summed E-state index contributed by atoms with van der Waals surface area (Å²) in [6, 6.07) is 6.95. The van der Waals surface area contributed by atoms with Crippen molar-refractivity contribution in [2.45, 2.75) is 32.1 Å². The van der Waals surface area contributed by atoms with E-state index in [0.29, 0.717) is 17.4 Å². The maximum atomic E-state index is 12.7. The normalized spacial score (nSPS) is 19.4. The van der Waals surface area contributed by atoms with Crippen LogP contribution in [0.5, 0.6) is 0 Å². The summed E-state index contributed by atoms with van der Waals surface area (Å²) in [6.45, 7) is 6.43. The van der Waals surface area contributed by atoms with Crippen molar-refractivity contribution in [3.8, 4) is 11.8 Å². The van der Waals surface area contributed by atoms with Gasteiger partial charge in [-0.15, -0.1) is 5.92 Å². The van der Waals surface area contributed by atoms with Gasteiger partial charge in [0.05, 0.1) is 11.4 Å². The SMILES string of the molecule is CC#CCN(C/C=C1/CC1C)S(=O)(=O)c1ccc(C)cc1. The molecule has 1 atom stereocenters. The van der Waals surface area contributed by atoms with Crippen molar-refractivity contribution in [3.63, 3.8) is 0 Å². The van der Waals surface area contributed by atoms with Crippen LogP contribution in [0.4, 0.5) is 0 Å². The van der Waals surface area contributed by atoms with Gasteiger partial charge in [-0.05, 0) is 38.3 Å². The Labute approximate surface area is 127 Å². The van der Waals surface area contributed by atoms with E-state index >= 15 is 0 Å². The van der Waals surface area contributed by atoms with Gasteiger partial charge < -0.3 is 0 Å². The van der Waals surface area contributed by atoms with Crippen molar-refractivity contribution >= 4 is 10.0 Å². The molecule has 0 aromatic heterocycles. The van der Waals surface area contributed by atoms with Crippen LogP contribution in [0.1, 0.15) is 25.8 Å². The Bertz CT molecular complexity index is 691. The largest absolute Gasteiger partial charge is 0.244 e. The van der Waals surface area contributed by atoms with E-state index in [9.17, 15) is 8.42 Å². The highest BCUT2D eigenvalue weighted by Crippen LogP contribution is 2.36. The average Bonchev–Trinajstić information content (AvgIpc) is 3.15. The van der Waals surface area contributed by atoms with Crippen molar-refractivity contribution in [1.82, 2.24) is 4.31 Å². The van der Waals surface area contributed by atoms with Crippen LogP contribution in [0.3, 0.4) is 0 Å². The molecule has 1 aromatic carbocycles. The van der Waals surface area contributed by atoms with E-state index in [0.717, 1.165) is 12.0 Å². The minimum atomic E-state index is -3.49. The van der Waals surface area contributed by atoms with Gasteiger partial charge in [0, 0.05) is 6.54 Å². The summed E-state index contributed by atoms with van der Waals surface area (Å²) in [6.07, 6.45) is 3.10. The van der Waals surface area contributed by atoms with Gasteiger partial charge in [0.1, 0.15) is 0 Å². The lowest BCUT2D eigenvalue weighted by atomic mass is 10.2. The highest BCUT2D eigenvalue weighted by Gasteiger charge is 2.26. The first-order chi connectivity index (χ1) is 9.95. The lowest BCUT2D eigenvalue weighted by Gasteiger charge is -2.18. The number of benzene rings is 1. The van der Waals surface area contributed by atoms with E-state index in [1.807, 2.05) is 25.1 Å². The van der Waals surface area contributed by atoms with Crippen LogP contribution in [0.15, 0.2) is 40.8 Å². The Morgan fingerprint density at radius 2 is 1.95 bits per heavy atom. The van der Waals surface area contributed by atoms with Crippen molar-refractivity contribution in [1.29, 1.82) is 0 Å². The summed E-state index contributed by atoms with van der Waals surface area (Å²) in [7, 11) is -3.49. The van der Waals surface area contributed by atoms with Gasteiger partial charge in [-0.25, -0.2) is 8.42 Å². The van der Waals surface area contributed by atoms with Crippen molar-refractivity contribution < 1.29 is 8.42 Å². The summed E-state index contributed by atoms with van der Waals surface area (Å²) in [5, 5.41) is 0. The third-order valence-electron chi connectivity index (χ3n) is 3.66. The minimum Gasteiger partial charge on any atom is -0.207 e. The Morgan fingerprint density at radius 3 is 2.48 bits per heavy atom. The molecular weight excluding hydrogens is 282 g/mol. The zero-order valence-corrected chi connectivity index (χ0v) is 13.6. The molecule has 1 unspecified atom stereocenters. The van der Waals surface area contributed by atoms with Gasteiger partial charge in [0.2, 0.25) is 10.0 Å². The first-order valence-electron chi connectivity index (χ1n) is 7.10. The number of sulfonamides is 1. The zero-order valence-electron chi connectivity index (χ0n) is 12.8. The fourth-order valence-corrected chi connectivity index (χ4v) is 3.36. The molecule has 112 valence electrons. The molecule has 1 saturated carbocycles. The van der Waals surface area contributed by atoms with Crippen LogP contribution in [0.2, 0.25) is 0 Å². The number of aryl methyl sites for hydroxylation is 1. The maximum absolute atomic E-state index is 12.7. The minimum absolute atomic E-state index is 0.227. The standard InChI is InChI=1S/C17H21NO2S/c1-4-5-11-18(12-10-16-13-15(16)3)21(19,20)17-8-6-14(2)7-9-17/h6-10,15H,11-13H2,1-3H3/b16-10-. The Balaban J connectivity index is 2.24. The van der Waals surface area contributed by atoms with Crippen LogP contribution < -0.4 is 0 Å². The van der Waals surface area contributed by atoms with Crippen LogP contribution in [-0.2, 0) is 10.0 Å². The summed E-state index contributed by atoms with van der Waals surface area (Å²) in [4.78, 5) is 0.327. The summed E-state index contributed by atoms with van der Waals surface area (Å²) in [5.74, 6) is 6.23. The Morgan fingerprint density at radius 1 is 1.33 bits per heavy atom. The molecule has 1 fully saturated rings. The summed E-state index contributed by atoms with van der Waals surface area (Å²) >= 11 is 0. The van der Waals surface area contributed by atoms with Gasteiger partial charge in [-0.3, -0.25) is 0 Å². The second kappa shape index (κ2) is 6.46. The number of rotatable bonds is 5. The third kappa shape index (κ3) is 3.96. The molecule has 0 saturated heterocycles. The van der Waals surface area contributed by atoms with Crippen molar-refractivity contribution in [2.24, 2.45) is 5.92 Å². The molecule has 0 N–H and O–H groups in total. The quantitative estimate of drug-likeness (QED) is 0.619. The van der Waals surface area contributed by atoms with E-state index < -0.39 is 10.0 Å². The lowest BCUT2D eigenvalue weighted by molar-refractivity contribution is 0.477. The van der Waals surface area contributed by atoms with Gasteiger partial charge in [0.15, 0.2) is 0 Å². The fraction of sp³-hybridized carbons (Fsp3) is 0.412. The lowest BCUT2D eigenvalue weighted by Crippen LogP contribution is -2.31. The number of nitrogens with zero attached hydrogens (tertiary/aromatic N) is 1. The first kappa shape index (κ1) is 15.8.